The van der Waals surface area contributed by atoms with Crippen LogP contribution in [0.25, 0.3) is 0 Å². The Labute approximate surface area is 97.4 Å². The van der Waals surface area contributed by atoms with Crippen LogP contribution in [-0.4, -0.2) is 10.7 Å². The van der Waals surface area contributed by atoms with Crippen LogP contribution < -0.4 is 0 Å². The summed E-state index contributed by atoms with van der Waals surface area (Å²) in [5, 5.41) is 10.2. The van der Waals surface area contributed by atoms with E-state index in [1.807, 2.05) is 6.92 Å². The fourth-order valence-electron chi connectivity index (χ4n) is 1.90. The minimum Gasteiger partial charge on any atom is -0.390 e. The van der Waals surface area contributed by atoms with Crippen molar-refractivity contribution in [3.8, 4) is 0 Å². The molecule has 0 heterocycles. The molecule has 1 aromatic rings. The molecule has 1 unspecified atom stereocenters. The molecule has 2 rings (SSSR count). The maximum absolute atomic E-state index is 12.9. The van der Waals surface area contributed by atoms with Gasteiger partial charge in [-0.1, -0.05) is 22.0 Å². The van der Waals surface area contributed by atoms with Crippen molar-refractivity contribution < 1.29 is 9.50 Å². The largest absolute Gasteiger partial charge is 0.390 e. The van der Waals surface area contributed by atoms with E-state index in [1.165, 1.54) is 12.1 Å². The minimum atomic E-state index is -0.652. The van der Waals surface area contributed by atoms with Crippen LogP contribution in [0.1, 0.15) is 25.3 Å². The number of hydrogen-bond donors (Lipinski definition) is 1. The number of hydrogen-bond acceptors (Lipinski definition) is 1. The van der Waals surface area contributed by atoms with Gasteiger partial charge in [-0.05, 0) is 43.4 Å². The molecule has 3 heteroatoms. The second kappa shape index (κ2) is 3.87. The monoisotopic (exact) mass is 272 g/mol. The van der Waals surface area contributed by atoms with Crippen LogP contribution >= 0.6 is 15.9 Å². The molecule has 82 valence electrons. The van der Waals surface area contributed by atoms with Crippen LogP contribution in [0.15, 0.2) is 22.7 Å². The highest BCUT2D eigenvalue weighted by molar-refractivity contribution is 9.10. The Balaban J connectivity index is 2.16. The summed E-state index contributed by atoms with van der Waals surface area (Å²) in [6, 6.07) is 4.61. The molecule has 15 heavy (non-hydrogen) atoms. The van der Waals surface area contributed by atoms with Crippen molar-refractivity contribution in [2.24, 2.45) is 5.92 Å². The fraction of sp³-hybridized carbons (Fsp3) is 0.500. The molecule has 0 radical (unpaired) electrons. The van der Waals surface area contributed by atoms with Gasteiger partial charge >= 0.3 is 0 Å². The van der Waals surface area contributed by atoms with E-state index in [2.05, 4.69) is 15.9 Å². The van der Waals surface area contributed by atoms with Gasteiger partial charge in [-0.3, -0.25) is 0 Å². The predicted octanol–water partition coefficient (Wildman–Crippen LogP) is 3.29. The van der Waals surface area contributed by atoms with Gasteiger partial charge in [-0.25, -0.2) is 4.39 Å². The molecule has 1 fully saturated rings. The first-order valence-corrected chi connectivity index (χ1v) is 5.94. The highest BCUT2D eigenvalue weighted by atomic mass is 79.9. The number of halogens is 2. The number of benzene rings is 1. The van der Waals surface area contributed by atoms with E-state index < -0.39 is 5.60 Å². The van der Waals surface area contributed by atoms with Gasteiger partial charge in [0.1, 0.15) is 5.82 Å². The third kappa shape index (κ3) is 2.58. The van der Waals surface area contributed by atoms with E-state index >= 15 is 0 Å². The van der Waals surface area contributed by atoms with Gasteiger partial charge in [0.05, 0.1) is 5.60 Å². The molecule has 1 atom stereocenters. The Hall–Kier alpha value is -0.410. The fourth-order valence-corrected chi connectivity index (χ4v) is 2.39. The van der Waals surface area contributed by atoms with Gasteiger partial charge in [0.2, 0.25) is 0 Å². The molecule has 0 amide bonds. The van der Waals surface area contributed by atoms with Crippen molar-refractivity contribution in [3.05, 3.63) is 34.1 Å². The van der Waals surface area contributed by atoms with E-state index in [-0.39, 0.29) is 5.82 Å². The summed E-state index contributed by atoms with van der Waals surface area (Å²) in [6.45, 7) is 1.86. The number of aliphatic hydroxyl groups is 1. The van der Waals surface area contributed by atoms with E-state index in [0.29, 0.717) is 12.3 Å². The van der Waals surface area contributed by atoms with Crippen molar-refractivity contribution in [1.82, 2.24) is 0 Å². The van der Waals surface area contributed by atoms with Gasteiger partial charge in [0.25, 0.3) is 0 Å². The molecular weight excluding hydrogens is 259 g/mol. The summed E-state index contributed by atoms with van der Waals surface area (Å²) in [6.07, 6.45) is 2.79. The van der Waals surface area contributed by atoms with Crippen LogP contribution in [-0.2, 0) is 6.42 Å². The molecule has 1 N–H and O–H groups in total. The summed E-state index contributed by atoms with van der Waals surface area (Å²) < 4.78 is 13.6. The normalized spacial score (nSPS) is 20.0. The van der Waals surface area contributed by atoms with E-state index in [9.17, 15) is 9.50 Å². The Morgan fingerprint density at radius 2 is 2.20 bits per heavy atom. The molecule has 0 saturated heterocycles. The zero-order chi connectivity index (χ0) is 11.1. The van der Waals surface area contributed by atoms with E-state index in [0.717, 1.165) is 22.9 Å². The second-order valence-electron chi connectivity index (χ2n) is 4.54. The molecule has 0 bridgehead atoms. The molecule has 1 aromatic carbocycles. The van der Waals surface area contributed by atoms with E-state index in [1.54, 1.807) is 6.07 Å². The molecule has 0 spiro atoms. The molecule has 0 aromatic heterocycles. The quantitative estimate of drug-likeness (QED) is 0.896. The zero-order valence-electron chi connectivity index (χ0n) is 8.63. The third-order valence-electron chi connectivity index (χ3n) is 3.02. The lowest BCUT2D eigenvalue weighted by molar-refractivity contribution is 0.0370. The molecular formula is C12H14BrFO. The molecule has 1 nitrogen and oxygen atoms in total. The lowest BCUT2D eigenvalue weighted by atomic mass is 9.92. The Bertz CT molecular complexity index is 372. The maximum Gasteiger partial charge on any atom is 0.124 e. The summed E-state index contributed by atoms with van der Waals surface area (Å²) in [4.78, 5) is 0. The van der Waals surface area contributed by atoms with Crippen molar-refractivity contribution in [2.45, 2.75) is 31.8 Å². The van der Waals surface area contributed by atoms with Gasteiger partial charge < -0.3 is 5.11 Å². The van der Waals surface area contributed by atoms with Crippen LogP contribution in [0.3, 0.4) is 0 Å². The van der Waals surface area contributed by atoms with Crippen LogP contribution in [0.2, 0.25) is 0 Å². The van der Waals surface area contributed by atoms with Crippen LogP contribution in [0, 0.1) is 11.7 Å². The number of rotatable bonds is 3. The van der Waals surface area contributed by atoms with Gasteiger partial charge in [0.15, 0.2) is 0 Å². The average molecular weight is 273 g/mol. The predicted molar refractivity (Wildman–Crippen MR) is 61.2 cm³/mol. The lowest BCUT2D eigenvalue weighted by Crippen LogP contribution is -2.29. The highest BCUT2D eigenvalue weighted by Crippen LogP contribution is 2.41. The zero-order valence-corrected chi connectivity index (χ0v) is 10.2. The topological polar surface area (TPSA) is 20.2 Å². The first kappa shape index (κ1) is 11.1. The summed E-state index contributed by atoms with van der Waals surface area (Å²) in [5.74, 6) is 0.158. The standard InChI is InChI=1S/C12H14BrFO/c1-12(15,9-3-4-9)7-8-2-5-10(14)6-11(8)13/h2,5-6,9,15H,3-4,7H2,1H3. The SMILES string of the molecule is CC(O)(Cc1ccc(F)cc1Br)C1CC1. The average Bonchev–Trinajstić information content (AvgIpc) is 2.92. The summed E-state index contributed by atoms with van der Waals surface area (Å²) in [7, 11) is 0. The Morgan fingerprint density at radius 1 is 1.53 bits per heavy atom. The van der Waals surface area contributed by atoms with Crippen molar-refractivity contribution >= 4 is 15.9 Å². The molecule has 1 aliphatic rings. The van der Waals surface area contributed by atoms with Crippen LogP contribution in [0.5, 0.6) is 0 Å². The lowest BCUT2D eigenvalue weighted by Gasteiger charge is -2.23. The van der Waals surface area contributed by atoms with Gasteiger partial charge in [0, 0.05) is 10.9 Å². The van der Waals surface area contributed by atoms with Crippen molar-refractivity contribution in [2.75, 3.05) is 0 Å². The smallest absolute Gasteiger partial charge is 0.124 e. The summed E-state index contributed by atoms with van der Waals surface area (Å²) in [5.41, 5.74) is 0.314. The Morgan fingerprint density at radius 3 is 2.73 bits per heavy atom. The minimum absolute atomic E-state index is 0.253. The highest BCUT2D eigenvalue weighted by Gasteiger charge is 2.39. The summed E-state index contributed by atoms with van der Waals surface area (Å²) >= 11 is 3.32. The maximum atomic E-state index is 12.9. The second-order valence-corrected chi connectivity index (χ2v) is 5.40. The van der Waals surface area contributed by atoms with E-state index in [4.69, 9.17) is 0 Å². The van der Waals surface area contributed by atoms with Gasteiger partial charge in [-0.2, -0.15) is 0 Å². The van der Waals surface area contributed by atoms with Gasteiger partial charge in [-0.15, -0.1) is 0 Å². The molecule has 1 saturated carbocycles. The Kier molecular flexibility index (Phi) is 2.86. The van der Waals surface area contributed by atoms with Crippen molar-refractivity contribution in [1.29, 1.82) is 0 Å². The van der Waals surface area contributed by atoms with Crippen LogP contribution in [0.4, 0.5) is 4.39 Å². The first-order valence-electron chi connectivity index (χ1n) is 5.15. The molecule has 1 aliphatic carbocycles. The third-order valence-corrected chi connectivity index (χ3v) is 3.76. The molecule has 0 aliphatic heterocycles. The first-order chi connectivity index (χ1) is 6.99. The van der Waals surface area contributed by atoms with Crippen molar-refractivity contribution in [3.63, 3.8) is 0 Å².